The summed E-state index contributed by atoms with van der Waals surface area (Å²) in [5, 5.41) is 37.6. The van der Waals surface area contributed by atoms with Crippen LogP contribution in [0.2, 0.25) is 0 Å². The molecule has 0 aromatic rings. The first kappa shape index (κ1) is 91.1. The van der Waals surface area contributed by atoms with Gasteiger partial charge < -0.3 is 73.3 Å². The average molecular weight is 1600 g/mol. The first-order valence-electron chi connectivity index (χ1n) is 44.9. The highest BCUT2D eigenvalue weighted by molar-refractivity contribution is 5.89. The van der Waals surface area contributed by atoms with E-state index in [0.29, 0.717) is 138 Å². The van der Waals surface area contributed by atoms with Crippen LogP contribution in [0, 0.1) is 94.7 Å². The summed E-state index contributed by atoms with van der Waals surface area (Å²) in [7, 11) is 3.28. The van der Waals surface area contributed by atoms with Crippen LogP contribution in [0.3, 0.4) is 0 Å². The molecule has 0 aromatic heterocycles. The fraction of sp³-hybridized carbons (Fsp3) is 0.864. The maximum atomic E-state index is 14.2. The zero-order valence-corrected chi connectivity index (χ0v) is 71.8. The summed E-state index contributed by atoms with van der Waals surface area (Å²) in [5.74, 6) is -2.56. The van der Waals surface area contributed by atoms with Crippen molar-refractivity contribution in [1.29, 1.82) is 0 Å². The zero-order chi connectivity index (χ0) is 82.9. The van der Waals surface area contributed by atoms with Crippen LogP contribution in [-0.4, -0.2) is 157 Å². The second kappa shape index (κ2) is 42.1. The molecule has 114 heavy (non-hydrogen) atoms. The molecule has 0 heterocycles. The number of rotatable bonds is 20. The first-order valence-corrected chi connectivity index (χ1v) is 44.9. The van der Waals surface area contributed by atoms with Crippen LogP contribution < -0.4 is 63.8 Å². The van der Waals surface area contributed by atoms with Gasteiger partial charge in [0.1, 0.15) is 11.2 Å². The first-order chi connectivity index (χ1) is 54.0. The third-order valence-electron chi connectivity index (χ3n) is 27.6. The fourth-order valence-electron chi connectivity index (χ4n) is 21.2. The summed E-state index contributed by atoms with van der Waals surface area (Å²) in [6.07, 6.45) is 25.4. The van der Waals surface area contributed by atoms with Crippen molar-refractivity contribution in [2.24, 2.45) is 94.7 Å². The van der Waals surface area contributed by atoms with Crippen LogP contribution >= 0.6 is 0 Å². The molecular weight excluding hydrogens is 1450 g/mol. The van der Waals surface area contributed by atoms with Crippen molar-refractivity contribution in [2.75, 3.05) is 14.1 Å². The quantitative estimate of drug-likeness (QED) is 0.0539. The van der Waals surface area contributed by atoms with Gasteiger partial charge in [-0.05, 0) is 244 Å². The zero-order valence-electron chi connectivity index (χ0n) is 71.8. The number of carbonyl (C=O) groups is 12. The number of ether oxygens (including phenoxy) is 2. The lowest BCUT2D eigenvalue weighted by atomic mass is 9.76. The maximum Gasteiger partial charge on any atom is 0.407 e. The highest BCUT2D eigenvalue weighted by atomic mass is 16.6. The maximum absolute atomic E-state index is 14.2. The molecule has 0 saturated heterocycles. The Morgan fingerprint density at radius 3 is 0.553 bits per heavy atom. The number of nitrogens with one attached hydrogen (secondary N) is 12. The molecule has 644 valence electrons. The molecule has 10 aliphatic carbocycles. The molecule has 12 amide bonds. The number of hydrogen-bond donors (Lipinski definition) is 12. The smallest absolute Gasteiger partial charge is 0.407 e. The standard InChI is InChI=1S/2C44H74N6O7/c2*1-25-16-19-30(38(51)45-7)35(22-25)48-39(52)28-12-8-10-14-33(28)46-41(54)31-20-17-26(2)23-36(31)49-40(53)29-13-9-11-15-34(29)47-42(55)32-21-18-27(3)24-37(32)50-43(56)57-44(4,5)6/h2*25-37H,8-24H2,1-7H3,(H,45,51)(H,46,54)(H,47,55)(H,48,52)(H,49,53)(H,50,56)/t2*25-,26-,27-,28-,29-,30+,31+,32+,33+,34+,35-,36-,37-/m11/s1. The van der Waals surface area contributed by atoms with E-state index in [9.17, 15) is 57.5 Å². The average Bonchev–Trinajstić information content (AvgIpc) is 0.892. The Hall–Kier alpha value is -6.76. The summed E-state index contributed by atoms with van der Waals surface area (Å²) < 4.78 is 11.0. The van der Waals surface area contributed by atoms with Gasteiger partial charge >= 0.3 is 12.2 Å². The van der Waals surface area contributed by atoms with Gasteiger partial charge in [0.05, 0.1) is 59.2 Å². The Morgan fingerprint density at radius 2 is 0.368 bits per heavy atom. The Kier molecular flexibility index (Phi) is 33.6. The highest BCUT2D eigenvalue weighted by Gasteiger charge is 2.48. The van der Waals surface area contributed by atoms with E-state index in [-0.39, 0.29) is 143 Å². The van der Waals surface area contributed by atoms with Gasteiger partial charge in [-0.1, -0.05) is 92.9 Å². The fourth-order valence-corrected chi connectivity index (χ4v) is 21.2. The van der Waals surface area contributed by atoms with E-state index >= 15 is 0 Å². The van der Waals surface area contributed by atoms with E-state index < -0.39 is 58.9 Å². The minimum absolute atomic E-state index is 0.0395. The Labute approximate surface area is 680 Å². The second-order valence-corrected chi connectivity index (χ2v) is 39.4. The van der Waals surface area contributed by atoms with Crippen LogP contribution in [0.4, 0.5) is 9.59 Å². The lowest BCUT2D eigenvalue weighted by Crippen LogP contribution is -2.58. The summed E-state index contributed by atoms with van der Waals surface area (Å²) >= 11 is 0. The van der Waals surface area contributed by atoms with Crippen LogP contribution in [0.1, 0.15) is 301 Å². The molecule has 0 aromatic carbocycles. The molecule has 10 saturated carbocycles. The molecule has 10 rings (SSSR count). The largest absolute Gasteiger partial charge is 0.444 e. The van der Waals surface area contributed by atoms with Crippen LogP contribution in [0.15, 0.2) is 0 Å². The minimum Gasteiger partial charge on any atom is -0.444 e. The summed E-state index contributed by atoms with van der Waals surface area (Å²) in [5.41, 5.74) is -1.30. The summed E-state index contributed by atoms with van der Waals surface area (Å²) in [4.78, 5) is 163. The Bertz CT molecular complexity index is 3080. The third kappa shape index (κ3) is 26.1. The molecule has 10 aliphatic rings. The van der Waals surface area contributed by atoms with Gasteiger partial charge in [-0.25, -0.2) is 9.59 Å². The normalized spacial score (nSPS) is 36.1. The van der Waals surface area contributed by atoms with Crippen LogP contribution in [-0.2, 0) is 57.4 Å². The number of hydrogen-bond acceptors (Lipinski definition) is 14. The third-order valence-corrected chi connectivity index (χ3v) is 27.6. The van der Waals surface area contributed by atoms with Crippen molar-refractivity contribution >= 4 is 71.3 Å². The monoisotopic (exact) mass is 1600 g/mol. The minimum atomic E-state index is -0.650. The molecule has 0 radical (unpaired) electrons. The topological polar surface area (TPSA) is 368 Å². The van der Waals surface area contributed by atoms with Gasteiger partial charge in [-0.3, -0.25) is 47.9 Å². The second-order valence-electron chi connectivity index (χ2n) is 39.4. The van der Waals surface area contributed by atoms with Gasteiger partial charge in [0.15, 0.2) is 0 Å². The predicted octanol–water partition coefficient (Wildman–Crippen LogP) is 10.5. The van der Waals surface area contributed by atoms with E-state index in [1.807, 2.05) is 41.5 Å². The molecule has 26 atom stereocenters. The van der Waals surface area contributed by atoms with Crippen molar-refractivity contribution in [2.45, 2.75) is 373 Å². The molecule has 12 N–H and O–H groups in total. The number of carbonyl (C=O) groups excluding carboxylic acids is 12. The molecular formula is C88H148N12O14. The van der Waals surface area contributed by atoms with Crippen LogP contribution in [0.5, 0.6) is 0 Å². The lowest BCUT2D eigenvalue weighted by molar-refractivity contribution is -0.136. The van der Waals surface area contributed by atoms with Gasteiger partial charge in [-0.15, -0.1) is 0 Å². The summed E-state index contributed by atoms with van der Waals surface area (Å²) in [6.45, 7) is 23.8. The van der Waals surface area contributed by atoms with Gasteiger partial charge in [0.25, 0.3) is 0 Å². The van der Waals surface area contributed by atoms with E-state index in [1.165, 1.54) is 0 Å². The summed E-state index contributed by atoms with van der Waals surface area (Å²) in [6, 6.07) is -3.16. The van der Waals surface area contributed by atoms with Crippen molar-refractivity contribution < 1.29 is 67.0 Å². The SMILES string of the molecule is CNC(=O)[C@H]1CC[C@@H](C)C[C@H]1NC(=O)[C@@H]1CCCC[C@@H]1NC(=O)[C@H]1CC[C@@H](C)C[C@H]1NC(=O)[C@@H]1CCCC[C@@H]1NC(=O)[C@H]1CC[C@@H](C)C[C@H]1NC(=O)OC(C)(C)C.CNC(=O)[C@H]1CC[C@@H](C)C[C@H]1NC(=O)[C@@H]1CCCC[C@@H]1NC(=O)[C@H]1CC[C@@H](C)C[C@H]1NC(=O)[C@@H]1CCCC[C@@H]1NC(=O)[C@H]1CC[C@@H](C)C[C@H]1NC(=O)OC(C)(C)C. The van der Waals surface area contributed by atoms with Gasteiger partial charge in [0, 0.05) is 74.5 Å². The predicted molar refractivity (Wildman–Crippen MR) is 437 cm³/mol. The Balaban J connectivity index is 0.000000261. The van der Waals surface area contributed by atoms with Crippen molar-refractivity contribution in [3.8, 4) is 0 Å². The van der Waals surface area contributed by atoms with Crippen molar-refractivity contribution in [1.82, 2.24) is 63.8 Å². The number of amides is 12. The van der Waals surface area contributed by atoms with E-state index in [1.54, 1.807) is 14.1 Å². The van der Waals surface area contributed by atoms with Crippen LogP contribution in [0.25, 0.3) is 0 Å². The molecule has 0 spiro atoms. The number of alkyl carbamates (subject to hydrolysis) is 2. The molecule has 0 bridgehead atoms. The molecule has 26 nitrogen and oxygen atoms in total. The molecule has 0 aliphatic heterocycles. The van der Waals surface area contributed by atoms with Gasteiger partial charge in [0.2, 0.25) is 59.1 Å². The molecule has 10 fully saturated rings. The molecule has 26 heteroatoms. The van der Waals surface area contributed by atoms with Gasteiger partial charge in [-0.2, -0.15) is 0 Å². The van der Waals surface area contributed by atoms with Crippen molar-refractivity contribution in [3.05, 3.63) is 0 Å². The highest BCUT2D eigenvalue weighted by Crippen LogP contribution is 2.40. The van der Waals surface area contributed by atoms with Crippen molar-refractivity contribution in [3.63, 3.8) is 0 Å². The van der Waals surface area contributed by atoms with E-state index in [0.717, 1.165) is 116 Å². The van der Waals surface area contributed by atoms with E-state index in [4.69, 9.17) is 9.47 Å². The Morgan fingerprint density at radius 1 is 0.211 bits per heavy atom. The molecule has 0 unspecified atom stereocenters. The lowest BCUT2D eigenvalue weighted by Gasteiger charge is -2.40. The van der Waals surface area contributed by atoms with E-state index in [2.05, 4.69) is 105 Å².